The van der Waals surface area contributed by atoms with Gasteiger partial charge in [-0.25, -0.2) is 4.39 Å². The molecule has 0 unspecified atom stereocenters. The number of aliphatic hydroxyl groups excluding tert-OH is 2. The van der Waals surface area contributed by atoms with Crippen molar-refractivity contribution in [1.29, 1.82) is 0 Å². The summed E-state index contributed by atoms with van der Waals surface area (Å²) in [6.07, 6.45) is 0.275. The number of rotatable bonds is 10. The van der Waals surface area contributed by atoms with Crippen LogP contribution in [0.3, 0.4) is 0 Å². The zero-order chi connectivity index (χ0) is 26.5. The Morgan fingerprint density at radius 1 is 1.08 bits per heavy atom. The normalized spacial score (nSPS) is 21.8. The number of para-hydroxylation sites is 1. The van der Waals surface area contributed by atoms with Gasteiger partial charge < -0.3 is 30.0 Å². The quantitative estimate of drug-likeness (QED) is 0.452. The average Bonchev–Trinajstić information content (AvgIpc) is 3.27. The lowest BCUT2D eigenvalue weighted by atomic mass is 9.77. The van der Waals surface area contributed by atoms with Gasteiger partial charge in [0.15, 0.2) is 0 Å². The molecule has 1 aliphatic heterocycles. The molecule has 0 fully saturated rings. The van der Waals surface area contributed by atoms with E-state index in [-0.39, 0.29) is 44.2 Å². The minimum Gasteiger partial charge on any atom is -0.486 e. The Labute approximate surface area is 214 Å². The Morgan fingerprint density at radius 2 is 1.81 bits per heavy atom. The summed E-state index contributed by atoms with van der Waals surface area (Å²) in [4.78, 5) is 39.5. The molecule has 0 aromatic heterocycles. The number of benzene rings is 2. The first-order chi connectivity index (χ1) is 17.8. The lowest BCUT2D eigenvalue weighted by Crippen LogP contribution is -2.55. The average molecular weight is 511 g/mol. The van der Waals surface area contributed by atoms with E-state index in [9.17, 15) is 29.0 Å². The molecule has 2 aliphatic rings. The Morgan fingerprint density at radius 3 is 2.51 bits per heavy atom. The molecule has 1 heterocycles. The molecule has 9 heteroatoms. The number of halogens is 1. The smallest absolute Gasteiger partial charge is 0.247 e. The van der Waals surface area contributed by atoms with Crippen LogP contribution in [0.2, 0.25) is 0 Å². The van der Waals surface area contributed by atoms with Gasteiger partial charge in [-0.2, -0.15) is 0 Å². The van der Waals surface area contributed by atoms with Crippen molar-refractivity contribution in [3.63, 3.8) is 0 Å². The molecule has 4 atom stereocenters. The second-order valence-corrected chi connectivity index (χ2v) is 9.38. The van der Waals surface area contributed by atoms with E-state index >= 15 is 0 Å². The number of carbonyl (C=O) groups is 3. The molecule has 37 heavy (non-hydrogen) atoms. The number of nitrogens with zero attached hydrogens (tertiary/aromatic N) is 1. The predicted molar refractivity (Wildman–Crippen MR) is 133 cm³/mol. The fourth-order valence-corrected chi connectivity index (χ4v) is 4.97. The predicted octanol–water partition coefficient (Wildman–Crippen LogP) is 2.24. The maximum atomic E-state index is 13.5. The summed E-state index contributed by atoms with van der Waals surface area (Å²) < 4.78 is 19.6. The molecule has 0 bridgehead atoms. The number of hydrogen-bond acceptors (Lipinski definition) is 6. The maximum absolute atomic E-state index is 13.5. The summed E-state index contributed by atoms with van der Waals surface area (Å²) in [6, 6.07) is 12.0. The molecule has 0 saturated carbocycles. The van der Waals surface area contributed by atoms with Crippen molar-refractivity contribution < 1.29 is 33.7 Å². The van der Waals surface area contributed by atoms with Crippen LogP contribution in [0.5, 0.6) is 5.75 Å². The Kier molecular flexibility index (Phi) is 8.35. The summed E-state index contributed by atoms with van der Waals surface area (Å²) in [7, 11) is 0. The van der Waals surface area contributed by atoms with Crippen LogP contribution < -0.4 is 10.1 Å². The lowest BCUT2D eigenvalue weighted by molar-refractivity contribution is -0.138. The van der Waals surface area contributed by atoms with Crippen molar-refractivity contribution in [1.82, 2.24) is 10.2 Å². The van der Waals surface area contributed by atoms with Gasteiger partial charge in [0.05, 0.1) is 18.6 Å². The van der Waals surface area contributed by atoms with Crippen LogP contribution in [0.25, 0.3) is 0 Å². The molecule has 2 aromatic carbocycles. The second-order valence-electron chi connectivity index (χ2n) is 9.38. The van der Waals surface area contributed by atoms with E-state index < -0.39 is 35.9 Å². The van der Waals surface area contributed by atoms with Crippen LogP contribution >= 0.6 is 0 Å². The van der Waals surface area contributed by atoms with Crippen LogP contribution in [0.1, 0.15) is 43.2 Å². The fraction of sp³-hybridized carbons (Fsp3) is 0.393. The number of carbonyl (C=O) groups excluding carboxylic acids is 3. The minimum absolute atomic E-state index is 0.0294. The highest BCUT2D eigenvalue weighted by Gasteiger charge is 2.50. The van der Waals surface area contributed by atoms with E-state index in [1.807, 2.05) is 12.1 Å². The number of ketones is 1. The van der Waals surface area contributed by atoms with Gasteiger partial charge in [0.2, 0.25) is 11.8 Å². The topological polar surface area (TPSA) is 116 Å². The van der Waals surface area contributed by atoms with Crippen LogP contribution in [0, 0.1) is 5.82 Å². The molecule has 1 aliphatic carbocycles. The van der Waals surface area contributed by atoms with Gasteiger partial charge in [0, 0.05) is 37.1 Å². The Bertz CT molecular complexity index is 1180. The van der Waals surface area contributed by atoms with E-state index in [1.54, 1.807) is 30.3 Å². The van der Waals surface area contributed by atoms with E-state index in [0.717, 1.165) is 5.56 Å². The van der Waals surface area contributed by atoms with Crippen molar-refractivity contribution in [2.75, 3.05) is 13.2 Å². The summed E-state index contributed by atoms with van der Waals surface area (Å²) in [5.74, 6) is -1.18. The first-order valence-corrected chi connectivity index (χ1v) is 12.4. The van der Waals surface area contributed by atoms with Crippen molar-refractivity contribution in [2.24, 2.45) is 0 Å². The second kappa shape index (κ2) is 11.7. The highest BCUT2D eigenvalue weighted by molar-refractivity contribution is 5.96. The van der Waals surface area contributed by atoms with Gasteiger partial charge in [-0.3, -0.25) is 9.59 Å². The monoisotopic (exact) mass is 510 g/mol. The largest absolute Gasteiger partial charge is 0.486 e. The standard InChI is InChI=1S/C28H31FN2O6/c1-17(33)5-4-8-24(34)31(16-18-9-11-19(29)12-10-18)22-15-21(28(36)30-13-14-32)25-20-6-2-3-7-23(20)37-27(25)26(22)35/h2-3,6-7,9-12,15,22,25-27,32,35H,4-5,8,13-14,16H2,1H3,(H,30,36)/t22-,25+,26+,27+/m1/s1. The number of nitrogens with one attached hydrogen (secondary N) is 1. The van der Waals surface area contributed by atoms with Crippen LogP contribution in [0.4, 0.5) is 4.39 Å². The highest BCUT2D eigenvalue weighted by Crippen LogP contribution is 2.47. The summed E-state index contributed by atoms with van der Waals surface area (Å²) in [6.45, 7) is 1.33. The number of amides is 2. The summed E-state index contributed by atoms with van der Waals surface area (Å²) >= 11 is 0. The van der Waals surface area contributed by atoms with Gasteiger partial charge in [0.25, 0.3) is 0 Å². The molecule has 4 rings (SSSR count). The van der Waals surface area contributed by atoms with Crippen LogP contribution in [-0.2, 0) is 20.9 Å². The van der Waals surface area contributed by atoms with Crippen molar-refractivity contribution in [3.8, 4) is 5.75 Å². The number of ether oxygens (including phenoxy) is 1. The van der Waals surface area contributed by atoms with Crippen LogP contribution in [0.15, 0.2) is 60.2 Å². The molecule has 196 valence electrons. The van der Waals surface area contributed by atoms with Gasteiger partial charge in [0.1, 0.15) is 29.6 Å². The molecule has 2 amide bonds. The zero-order valence-corrected chi connectivity index (χ0v) is 20.6. The van der Waals surface area contributed by atoms with Gasteiger partial charge in [-0.15, -0.1) is 0 Å². The van der Waals surface area contributed by atoms with Crippen molar-refractivity contribution in [3.05, 3.63) is 77.1 Å². The first kappa shape index (κ1) is 26.5. The van der Waals surface area contributed by atoms with E-state index in [1.165, 1.54) is 24.0 Å². The van der Waals surface area contributed by atoms with Crippen LogP contribution in [-0.4, -0.2) is 64.1 Å². The van der Waals surface area contributed by atoms with E-state index in [0.29, 0.717) is 23.3 Å². The third-order valence-electron chi connectivity index (χ3n) is 6.74. The molecular formula is C28H31FN2O6. The Balaban J connectivity index is 1.72. The minimum atomic E-state index is -1.16. The van der Waals surface area contributed by atoms with Gasteiger partial charge >= 0.3 is 0 Å². The number of hydrogen-bond donors (Lipinski definition) is 3. The third kappa shape index (κ3) is 5.89. The number of fused-ring (bicyclic) bond motifs is 3. The molecule has 8 nitrogen and oxygen atoms in total. The fourth-order valence-electron chi connectivity index (χ4n) is 4.97. The van der Waals surface area contributed by atoms with E-state index in [2.05, 4.69) is 5.32 Å². The number of Topliss-reactive ketones (excluding diaryl/α,β-unsaturated/α-hetero) is 1. The number of aliphatic hydroxyl groups is 2. The molecule has 0 spiro atoms. The van der Waals surface area contributed by atoms with Gasteiger partial charge in [-0.05, 0) is 43.2 Å². The van der Waals surface area contributed by atoms with E-state index in [4.69, 9.17) is 4.74 Å². The molecule has 3 N–H and O–H groups in total. The first-order valence-electron chi connectivity index (χ1n) is 12.4. The van der Waals surface area contributed by atoms with Crippen molar-refractivity contribution >= 4 is 17.6 Å². The lowest BCUT2D eigenvalue weighted by Gasteiger charge is -2.41. The molecular weight excluding hydrogens is 479 g/mol. The SMILES string of the molecule is CC(=O)CCCC(=O)N(Cc1ccc(F)cc1)[C@@H]1C=C(C(=O)NCCO)[C@@H]2c3ccccc3O[C@@H]2[C@H]1O. The summed E-state index contributed by atoms with van der Waals surface area (Å²) in [5, 5.41) is 23.4. The molecule has 2 aromatic rings. The maximum Gasteiger partial charge on any atom is 0.247 e. The highest BCUT2D eigenvalue weighted by atomic mass is 19.1. The molecule has 0 saturated heterocycles. The van der Waals surface area contributed by atoms with Crippen molar-refractivity contribution in [2.45, 2.75) is 56.9 Å². The third-order valence-corrected chi connectivity index (χ3v) is 6.74. The zero-order valence-electron chi connectivity index (χ0n) is 20.6. The molecule has 0 radical (unpaired) electrons. The Hall–Kier alpha value is -3.56. The van der Waals surface area contributed by atoms with Gasteiger partial charge in [-0.1, -0.05) is 30.3 Å². The summed E-state index contributed by atoms with van der Waals surface area (Å²) in [5.41, 5.74) is 1.73.